The number of amides is 1. The third kappa shape index (κ3) is 5.75. The summed E-state index contributed by atoms with van der Waals surface area (Å²) in [7, 11) is 0. The van der Waals surface area contributed by atoms with E-state index in [0.29, 0.717) is 19.1 Å². The molecule has 1 aromatic carbocycles. The van der Waals surface area contributed by atoms with E-state index in [1.54, 1.807) is 6.92 Å². The average Bonchev–Trinajstić information content (AvgIpc) is 2.36. The van der Waals surface area contributed by atoms with Gasteiger partial charge in [-0.25, -0.2) is 0 Å². The lowest BCUT2D eigenvalue weighted by atomic mass is 10.1. The van der Waals surface area contributed by atoms with Gasteiger partial charge >= 0.3 is 0 Å². The lowest BCUT2D eigenvalue weighted by Gasteiger charge is -2.13. The van der Waals surface area contributed by atoms with Crippen LogP contribution >= 0.6 is 0 Å². The molecule has 0 fully saturated rings. The maximum Gasteiger partial charge on any atom is 0.236 e. The van der Waals surface area contributed by atoms with Crippen LogP contribution in [0.3, 0.4) is 0 Å². The van der Waals surface area contributed by atoms with Crippen molar-refractivity contribution in [2.45, 2.75) is 39.8 Å². The van der Waals surface area contributed by atoms with Crippen molar-refractivity contribution in [3.8, 4) is 5.75 Å². The number of nitrogens with one attached hydrogen (secondary N) is 1. The largest absolute Gasteiger partial charge is 0.493 e. The molecule has 0 aliphatic rings. The van der Waals surface area contributed by atoms with E-state index in [-0.39, 0.29) is 5.91 Å². The van der Waals surface area contributed by atoms with Crippen molar-refractivity contribution < 1.29 is 9.53 Å². The molecule has 1 amide bonds. The summed E-state index contributed by atoms with van der Waals surface area (Å²) in [5, 5.41) is 2.79. The summed E-state index contributed by atoms with van der Waals surface area (Å²) in [5.74, 6) is 1.29. The zero-order valence-corrected chi connectivity index (χ0v) is 12.0. The first-order chi connectivity index (χ1) is 9.00. The molecule has 0 aliphatic carbocycles. The summed E-state index contributed by atoms with van der Waals surface area (Å²) in [6.45, 7) is 7.13. The molecule has 3 N–H and O–H groups in total. The van der Waals surface area contributed by atoms with Gasteiger partial charge in [-0.15, -0.1) is 0 Å². The Morgan fingerprint density at radius 1 is 1.32 bits per heavy atom. The van der Waals surface area contributed by atoms with Gasteiger partial charge in [0.2, 0.25) is 5.91 Å². The molecule has 0 spiro atoms. The molecular weight excluding hydrogens is 240 g/mol. The Bertz CT molecular complexity index is 403. The van der Waals surface area contributed by atoms with Gasteiger partial charge in [-0.05, 0) is 25.3 Å². The van der Waals surface area contributed by atoms with E-state index < -0.39 is 6.04 Å². The molecule has 0 radical (unpaired) electrons. The molecule has 1 atom stereocenters. The topological polar surface area (TPSA) is 64.3 Å². The predicted octanol–water partition coefficient (Wildman–Crippen LogP) is 2.07. The van der Waals surface area contributed by atoms with Crippen LogP contribution in [0.4, 0.5) is 0 Å². The van der Waals surface area contributed by atoms with Gasteiger partial charge in [0.05, 0.1) is 12.6 Å². The Kier molecular flexibility index (Phi) is 6.36. The summed E-state index contributed by atoms with van der Waals surface area (Å²) >= 11 is 0. The minimum absolute atomic E-state index is 0.156. The number of para-hydroxylation sites is 1. The van der Waals surface area contributed by atoms with Gasteiger partial charge in [0.25, 0.3) is 0 Å². The second-order valence-electron chi connectivity index (χ2n) is 5.15. The fourth-order valence-corrected chi connectivity index (χ4v) is 1.54. The molecule has 0 heterocycles. The SMILES string of the molecule is CC(C)CCOc1ccccc1CNC(=O)[C@H](C)N. The van der Waals surface area contributed by atoms with Crippen molar-refractivity contribution in [2.75, 3.05) is 6.61 Å². The first-order valence-corrected chi connectivity index (χ1v) is 6.74. The minimum Gasteiger partial charge on any atom is -0.493 e. The summed E-state index contributed by atoms with van der Waals surface area (Å²) in [6.07, 6.45) is 1.01. The summed E-state index contributed by atoms with van der Waals surface area (Å²) in [6, 6.07) is 7.25. The second kappa shape index (κ2) is 7.79. The molecule has 0 unspecified atom stereocenters. The van der Waals surface area contributed by atoms with Crippen molar-refractivity contribution >= 4 is 5.91 Å². The second-order valence-corrected chi connectivity index (χ2v) is 5.15. The molecule has 0 aliphatic heterocycles. The normalized spacial score (nSPS) is 12.3. The van der Waals surface area contributed by atoms with Gasteiger partial charge in [0.1, 0.15) is 5.75 Å². The summed E-state index contributed by atoms with van der Waals surface area (Å²) in [4.78, 5) is 11.5. The molecule has 1 rings (SSSR count). The van der Waals surface area contributed by atoms with Crippen molar-refractivity contribution in [3.05, 3.63) is 29.8 Å². The molecule has 0 saturated heterocycles. The first kappa shape index (κ1) is 15.5. The number of nitrogens with two attached hydrogens (primary N) is 1. The van der Waals surface area contributed by atoms with Crippen LogP contribution in [-0.4, -0.2) is 18.6 Å². The van der Waals surface area contributed by atoms with Crippen molar-refractivity contribution in [1.82, 2.24) is 5.32 Å². The maximum atomic E-state index is 11.5. The maximum absolute atomic E-state index is 11.5. The Morgan fingerprint density at radius 3 is 2.63 bits per heavy atom. The van der Waals surface area contributed by atoms with Crippen LogP contribution < -0.4 is 15.8 Å². The number of rotatable bonds is 7. The lowest BCUT2D eigenvalue weighted by Crippen LogP contribution is -2.37. The first-order valence-electron chi connectivity index (χ1n) is 6.74. The smallest absolute Gasteiger partial charge is 0.236 e. The van der Waals surface area contributed by atoms with Crippen molar-refractivity contribution in [1.29, 1.82) is 0 Å². The van der Waals surface area contributed by atoms with Crippen LogP contribution in [0.25, 0.3) is 0 Å². The molecular formula is C15H24N2O2. The van der Waals surface area contributed by atoms with Crippen LogP contribution in [0.5, 0.6) is 5.75 Å². The van der Waals surface area contributed by atoms with Gasteiger partial charge in [-0.3, -0.25) is 4.79 Å². The van der Waals surface area contributed by atoms with E-state index in [4.69, 9.17) is 10.5 Å². The number of ether oxygens (including phenoxy) is 1. The van der Waals surface area contributed by atoms with Crippen LogP contribution in [0.1, 0.15) is 32.8 Å². The molecule has 4 nitrogen and oxygen atoms in total. The zero-order chi connectivity index (χ0) is 14.3. The minimum atomic E-state index is -0.492. The highest BCUT2D eigenvalue weighted by Crippen LogP contribution is 2.18. The highest BCUT2D eigenvalue weighted by molar-refractivity contribution is 5.80. The number of benzene rings is 1. The van der Waals surface area contributed by atoms with E-state index in [1.807, 2.05) is 24.3 Å². The fraction of sp³-hybridized carbons (Fsp3) is 0.533. The number of hydrogen-bond acceptors (Lipinski definition) is 3. The summed E-state index contributed by atoms with van der Waals surface area (Å²) < 4.78 is 5.76. The zero-order valence-electron chi connectivity index (χ0n) is 12.0. The van der Waals surface area contributed by atoms with E-state index in [0.717, 1.165) is 17.7 Å². The van der Waals surface area contributed by atoms with Crippen LogP contribution in [0, 0.1) is 5.92 Å². The monoisotopic (exact) mass is 264 g/mol. The standard InChI is InChI=1S/C15H24N2O2/c1-11(2)8-9-19-14-7-5-4-6-13(14)10-17-15(18)12(3)16/h4-7,11-12H,8-10,16H2,1-3H3,(H,17,18)/t12-/m0/s1. The molecule has 19 heavy (non-hydrogen) atoms. The number of carbonyl (C=O) groups excluding carboxylic acids is 1. The van der Waals surface area contributed by atoms with E-state index in [1.165, 1.54) is 0 Å². The highest BCUT2D eigenvalue weighted by atomic mass is 16.5. The molecule has 4 heteroatoms. The van der Waals surface area contributed by atoms with Crippen LogP contribution in [0.15, 0.2) is 24.3 Å². The summed E-state index contributed by atoms with van der Waals surface area (Å²) in [5.41, 5.74) is 6.48. The Morgan fingerprint density at radius 2 is 2.00 bits per heavy atom. The molecule has 1 aromatic rings. The van der Waals surface area contributed by atoms with Gasteiger partial charge in [-0.2, -0.15) is 0 Å². The third-order valence-electron chi connectivity index (χ3n) is 2.79. The lowest BCUT2D eigenvalue weighted by molar-refractivity contribution is -0.122. The predicted molar refractivity (Wildman–Crippen MR) is 76.9 cm³/mol. The fourth-order valence-electron chi connectivity index (χ4n) is 1.54. The number of hydrogen-bond donors (Lipinski definition) is 2. The third-order valence-corrected chi connectivity index (χ3v) is 2.79. The molecule has 0 bridgehead atoms. The molecule has 106 valence electrons. The van der Waals surface area contributed by atoms with E-state index in [9.17, 15) is 4.79 Å². The Labute approximate surface area is 115 Å². The average molecular weight is 264 g/mol. The van der Waals surface area contributed by atoms with Crippen LogP contribution in [-0.2, 0) is 11.3 Å². The van der Waals surface area contributed by atoms with Gasteiger partial charge in [-0.1, -0.05) is 32.0 Å². The number of carbonyl (C=O) groups is 1. The van der Waals surface area contributed by atoms with Gasteiger partial charge < -0.3 is 15.8 Å². The van der Waals surface area contributed by atoms with E-state index in [2.05, 4.69) is 19.2 Å². The van der Waals surface area contributed by atoms with Crippen molar-refractivity contribution in [3.63, 3.8) is 0 Å². The van der Waals surface area contributed by atoms with Crippen LogP contribution in [0.2, 0.25) is 0 Å². The quantitative estimate of drug-likeness (QED) is 0.792. The Hall–Kier alpha value is -1.55. The molecule has 0 aromatic heterocycles. The van der Waals surface area contributed by atoms with Gasteiger partial charge in [0, 0.05) is 12.1 Å². The highest BCUT2D eigenvalue weighted by Gasteiger charge is 2.09. The van der Waals surface area contributed by atoms with Gasteiger partial charge in [0.15, 0.2) is 0 Å². The Balaban J connectivity index is 2.55. The molecule has 0 saturated carbocycles. The van der Waals surface area contributed by atoms with Crippen molar-refractivity contribution in [2.24, 2.45) is 11.7 Å². The van der Waals surface area contributed by atoms with E-state index >= 15 is 0 Å².